The molecule has 0 bridgehead atoms. The van der Waals surface area contributed by atoms with Crippen LogP contribution in [0.4, 0.5) is 0 Å². The van der Waals surface area contributed by atoms with E-state index in [9.17, 15) is 18.5 Å². The number of rotatable bonds is 4. The van der Waals surface area contributed by atoms with E-state index in [1.165, 1.54) is 21.0 Å². The van der Waals surface area contributed by atoms with Gasteiger partial charge in [-0.3, -0.25) is 9.47 Å². The van der Waals surface area contributed by atoms with Crippen LogP contribution in [0.15, 0.2) is 56.6 Å². The van der Waals surface area contributed by atoms with Gasteiger partial charge in [0, 0.05) is 37.3 Å². The molecule has 0 aliphatic carbocycles. The first-order chi connectivity index (χ1) is 13.9. The lowest BCUT2D eigenvalue weighted by Gasteiger charge is -2.33. The minimum Gasteiger partial charge on any atom is -0.408 e. The number of piperazine rings is 1. The Labute approximate surface area is 172 Å². The molecule has 2 aromatic carbocycles. The summed E-state index contributed by atoms with van der Waals surface area (Å²) in [7, 11) is -3.76. The van der Waals surface area contributed by atoms with Crippen molar-refractivity contribution in [2.75, 3.05) is 26.2 Å². The maximum Gasteiger partial charge on any atom is 0.421 e. The average Bonchev–Trinajstić information content (AvgIpc) is 3.02. The van der Waals surface area contributed by atoms with Crippen LogP contribution >= 0.6 is 11.6 Å². The first kappa shape index (κ1) is 19.7. The number of sulfonamides is 1. The molecule has 29 heavy (non-hydrogen) atoms. The summed E-state index contributed by atoms with van der Waals surface area (Å²) in [4.78, 5) is 14.2. The zero-order valence-corrected chi connectivity index (χ0v) is 16.9. The quantitative estimate of drug-likeness (QED) is 0.625. The van der Waals surface area contributed by atoms with Crippen molar-refractivity contribution in [2.45, 2.75) is 11.6 Å². The molecule has 4 rings (SSSR count). The van der Waals surface area contributed by atoms with Gasteiger partial charge < -0.3 is 4.42 Å². The topological polar surface area (TPSA) is 99.5 Å². The Kier molecular flexibility index (Phi) is 5.19. The monoisotopic (exact) mass is 432 g/mol. The normalized spacial score (nSPS) is 16.1. The van der Waals surface area contributed by atoms with Gasteiger partial charge in [-0.15, -0.1) is 0 Å². The van der Waals surface area contributed by atoms with Crippen molar-refractivity contribution in [3.05, 3.63) is 63.6 Å². The van der Waals surface area contributed by atoms with E-state index in [2.05, 4.69) is 0 Å². The number of aromatic nitrogens is 1. The van der Waals surface area contributed by atoms with Crippen molar-refractivity contribution in [1.29, 1.82) is 5.26 Å². The molecule has 0 N–H and O–H groups in total. The van der Waals surface area contributed by atoms with Gasteiger partial charge in [0.2, 0.25) is 10.0 Å². The van der Waals surface area contributed by atoms with Crippen LogP contribution in [0.5, 0.6) is 0 Å². The van der Waals surface area contributed by atoms with Crippen LogP contribution in [0.3, 0.4) is 0 Å². The van der Waals surface area contributed by atoms with Crippen molar-refractivity contribution in [2.24, 2.45) is 0 Å². The molecule has 1 aliphatic heterocycles. The van der Waals surface area contributed by atoms with Crippen molar-refractivity contribution < 1.29 is 12.8 Å². The lowest BCUT2D eigenvalue weighted by molar-refractivity contribution is 0.150. The molecule has 8 nitrogen and oxygen atoms in total. The van der Waals surface area contributed by atoms with Crippen LogP contribution in [0.1, 0.15) is 5.56 Å². The van der Waals surface area contributed by atoms with E-state index < -0.39 is 15.8 Å². The van der Waals surface area contributed by atoms with E-state index in [0.717, 1.165) is 0 Å². The number of nitriles is 1. The first-order valence-corrected chi connectivity index (χ1v) is 10.7. The number of fused-ring (bicyclic) bond motifs is 1. The highest BCUT2D eigenvalue weighted by molar-refractivity contribution is 7.89. The molecule has 1 saturated heterocycles. The van der Waals surface area contributed by atoms with Gasteiger partial charge in [-0.05, 0) is 24.3 Å². The molecule has 1 fully saturated rings. The fourth-order valence-corrected chi connectivity index (χ4v) is 5.13. The maximum atomic E-state index is 12.9. The Morgan fingerprint density at radius 2 is 1.83 bits per heavy atom. The molecule has 0 atom stereocenters. The summed E-state index contributed by atoms with van der Waals surface area (Å²) in [5.41, 5.74) is 1.18. The molecule has 0 amide bonds. The number of halogens is 1. The van der Waals surface area contributed by atoms with Crippen molar-refractivity contribution in [1.82, 2.24) is 13.8 Å². The molecular formula is C19H17ClN4O4S. The van der Waals surface area contributed by atoms with E-state index in [1.807, 2.05) is 11.0 Å². The molecule has 150 valence electrons. The molecular weight excluding hydrogens is 416 g/mol. The van der Waals surface area contributed by atoms with Gasteiger partial charge in [0.1, 0.15) is 6.07 Å². The molecule has 2 heterocycles. The zero-order valence-electron chi connectivity index (χ0n) is 15.3. The Hall–Kier alpha value is -2.64. The van der Waals surface area contributed by atoms with Crippen molar-refractivity contribution in [3.8, 4) is 6.07 Å². The molecule has 10 heteroatoms. The molecule has 0 spiro atoms. The summed E-state index contributed by atoms with van der Waals surface area (Å²) in [5, 5.41) is 9.69. The summed E-state index contributed by atoms with van der Waals surface area (Å²) in [5.74, 6) is -0.486. The van der Waals surface area contributed by atoms with E-state index in [1.54, 1.807) is 30.3 Å². The van der Waals surface area contributed by atoms with Crippen molar-refractivity contribution in [3.63, 3.8) is 0 Å². The Bertz CT molecular complexity index is 1270. The number of benzene rings is 2. The van der Waals surface area contributed by atoms with Gasteiger partial charge in [-0.1, -0.05) is 23.7 Å². The fourth-order valence-electron chi connectivity index (χ4n) is 3.41. The Morgan fingerprint density at radius 3 is 2.55 bits per heavy atom. The summed E-state index contributed by atoms with van der Waals surface area (Å²) >= 11 is 5.94. The van der Waals surface area contributed by atoms with E-state index in [0.29, 0.717) is 29.2 Å². The van der Waals surface area contributed by atoms with Gasteiger partial charge in [0.25, 0.3) is 0 Å². The van der Waals surface area contributed by atoms with E-state index in [-0.39, 0.29) is 30.2 Å². The lowest BCUT2D eigenvalue weighted by Crippen LogP contribution is -2.49. The van der Waals surface area contributed by atoms with Crippen LogP contribution in [-0.2, 0) is 16.7 Å². The summed E-state index contributed by atoms with van der Waals surface area (Å²) in [6.07, 6.45) is 0. The van der Waals surface area contributed by atoms with Crippen LogP contribution in [0.2, 0.25) is 5.02 Å². The largest absolute Gasteiger partial charge is 0.421 e. The van der Waals surface area contributed by atoms with Gasteiger partial charge in [-0.25, -0.2) is 13.2 Å². The molecule has 3 aromatic rings. The molecule has 0 radical (unpaired) electrons. The molecule has 0 saturated carbocycles. The van der Waals surface area contributed by atoms with Crippen molar-refractivity contribution >= 4 is 32.7 Å². The minimum absolute atomic E-state index is 0.0184. The first-order valence-electron chi connectivity index (χ1n) is 8.90. The van der Waals surface area contributed by atoms with Gasteiger partial charge in [0.15, 0.2) is 5.58 Å². The maximum absolute atomic E-state index is 12.9. The molecule has 0 unspecified atom stereocenters. The van der Waals surface area contributed by atoms with Gasteiger partial charge >= 0.3 is 5.76 Å². The second-order valence-electron chi connectivity index (χ2n) is 6.68. The highest BCUT2D eigenvalue weighted by Gasteiger charge is 2.30. The molecule has 1 aliphatic rings. The number of oxazole rings is 1. The predicted octanol–water partition coefficient (Wildman–Crippen LogP) is 2.08. The zero-order chi connectivity index (χ0) is 20.6. The fraction of sp³-hybridized carbons (Fsp3) is 0.263. The smallest absolute Gasteiger partial charge is 0.408 e. The second kappa shape index (κ2) is 7.65. The highest BCUT2D eigenvalue weighted by Crippen LogP contribution is 2.22. The minimum atomic E-state index is -3.76. The Balaban J connectivity index is 1.50. The third-order valence-corrected chi connectivity index (χ3v) is 7.12. The second-order valence-corrected chi connectivity index (χ2v) is 9.02. The van der Waals surface area contributed by atoms with Crippen LogP contribution < -0.4 is 5.76 Å². The van der Waals surface area contributed by atoms with Crippen LogP contribution in [0.25, 0.3) is 11.1 Å². The summed E-state index contributed by atoms with van der Waals surface area (Å²) < 4.78 is 34.0. The van der Waals surface area contributed by atoms with Gasteiger partial charge in [-0.2, -0.15) is 9.57 Å². The Morgan fingerprint density at radius 1 is 1.10 bits per heavy atom. The SMILES string of the molecule is N#Cc1ccccc1S(=O)(=O)N1CCN(Cn2c(=O)oc3cc(Cl)ccc32)CC1. The highest BCUT2D eigenvalue weighted by atomic mass is 35.5. The van der Waals surface area contributed by atoms with E-state index in [4.69, 9.17) is 16.0 Å². The standard InChI is InChI=1S/C19H17ClN4O4S/c20-15-5-6-16-17(11-15)28-19(25)24(16)13-22-7-9-23(10-8-22)29(26,27)18-4-2-1-3-14(18)12-21/h1-6,11H,7-10,13H2. The summed E-state index contributed by atoms with van der Waals surface area (Å²) in [6, 6.07) is 13.1. The molecule has 1 aromatic heterocycles. The van der Waals surface area contributed by atoms with Crippen LogP contribution in [0, 0.1) is 11.3 Å². The van der Waals surface area contributed by atoms with Crippen LogP contribution in [-0.4, -0.2) is 48.4 Å². The van der Waals surface area contributed by atoms with Gasteiger partial charge in [0.05, 0.1) is 22.6 Å². The summed E-state index contributed by atoms with van der Waals surface area (Å²) in [6.45, 7) is 1.70. The average molecular weight is 433 g/mol. The number of hydrogen-bond donors (Lipinski definition) is 0. The third kappa shape index (κ3) is 3.68. The number of nitrogens with zero attached hydrogens (tertiary/aromatic N) is 4. The third-order valence-electron chi connectivity index (χ3n) is 4.93. The van der Waals surface area contributed by atoms with E-state index >= 15 is 0 Å². The predicted molar refractivity (Wildman–Crippen MR) is 107 cm³/mol. The lowest BCUT2D eigenvalue weighted by atomic mass is 10.2. The number of hydrogen-bond acceptors (Lipinski definition) is 6.